The molecule has 1 aromatic heterocycles. The van der Waals surface area contributed by atoms with E-state index >= 15 is 0 Å². The van der Waals surface area contributed by atoms with Gasteiger partial charge in [0.1, 0.15) is 5.82 Å². The van der Waals surface area contributed by atoms with Crippen LogP contribution in [0.3, 0.4) is 0 Å². The monoisotopic (exact) mass is 230 g/mol. The van der Waals surface area contributed by atoms with Crippen LogP contribution in [0, 0.1) is 0 Å². The maximum atomic E-state index is 5.72. The van der Waals surface area contributed by atoms with E-state index in [9.17, 15) is 0 Å². The third-order valence-corrected chi connectivity index (χ3v) is 1.86. The molecule has 1 aliphatic rings. The quantitative estimate of drug-likeness (QED) is 0.721. The maximum Gasteiger partial charge on any atom is 0.225 e. The Morgan fingerprint density at radius 2 is 2.08 bits per heavy atom. The molecule has 0 saturated carbocycles. The van der Waals surface area contributed by atoms with Gasteiger partial charge >= 0.3 is 0 Å². The molecule has 1 aromatic rings. The van der Waals surface area contributed by atoms with E-state index in [0.29, 0.717) is 5.28 Å². The molecule has 1 aliphatic heterocycles. The van der Waals surface area contributed by atoms with Gasteiger partial charge in [-0.3, -0.25) is 4.57 Å². The fraction of sp³-hybridized carbons (Fsp3) is 0.600. The second kappa shape index (κ2) is 4.87. The minimum atomic E-state index is 0. The molecule has 0 aliphatic carbocycles. The number of aromatic nitrogens is 3. The van der Waals surface area contributed by atoms with Crippen molar-refractivity contribution in [1.29, 1.82) is 0 Å². The summed E-state index contributed by atoms with van der Waals surface area (Å²) in [6.07, 6.45) is 0. The van der Waals surface area contributed by atoms with E-state index in [4.69, 9.17) is 11.6 Å². The van der Waals surface area contributed by atoms with E-state index in [1.54, 1.807) is 0 Å². The van der Waals surface area contributed by atoms with Crippen LogP contribution < -0.4 is 5.32 Å². The zero-order valence-corrected chi connectivity index (χ0v) is 8.55. The summed E-state index contributed by atoms with van der Waals surface area (Å²) >= 11 is 5.72. The number of hydrogen-bond acceptors (Lipinski definition) is 3. The van der Waals surface area contributed by atoms with E-state index in [0.717, 1.165) is 25.5 Å². The van der Waals surface area contributed by atoms with Gasteiger partial charge in [0, 0.05) is 13.1 Å². The van der Waals surface area contributed by atoms with Crippen molar-refractivity contribution in [2.24, 2.45) is 0 Å². The number of halogens is 3. The van der Waals surface area contributed by atoms with Crippen molar-refractivity contribution < 1.29 is 0 Å². The third kappa shape index (κ3) is 2.01. The lowest BCUT2D eigenvalue weighted by molar-refractivity contribution is 0.506. The summed E-state index contributed by atoms with van der Waals surface area (Å²) in [5, 5.41) is 11.3. The van der Waals surface area contributed by atoms with Crippen LogP contribution >= 0.6 is 36.4 Å². The van der Waals surface area contributed by atoms with E-state index < -0.39 is 0 Å². The third-order valence-electron chi connectivity index (χ3n) is 1.58. The van der Waals surface area contributed by atoms with Gasteiger partial charge in [-0.05, 0) is 11.6 Å². The van der Waals surface area contributed by atoms with Crippen LogP contribution in [0.25, 0.3) is 0 Å². The second-order valence-electron chi connectivity index (χ2n) is 2.21. The highest BCUT2D eigenvalue weighted by Gasteiger charge is 2.12. The lowest BCUT2D eigenvalue weighted by Crippen LogP contribution is -2.28. The molecule has 2 heterocycles. The highest BCUT2D eigenvalue weighted by atomic mass is 35.5. The van der Waals surface area contributed by atoms with Gasteiger partial charge in [-0.15, -0.1) is 35.0 Å². The number of rotatable bonds is 0. The van der Waals surface area contributed by atoms with Crippen LogP contribution in [0.15, 0.2) is 0 Å². The van der Waals surface area contributed by atoms with Crippen LogP contribution in [-0.2, 0) is 13.1 Å². The van der Waals surface area contributed by atoms with E-state index in [2.05, 4.69) is 15.5 Å². The van der Waals surface area contributed by atoms with E-state index in [1.807, 2.05) is 4.57 Å². The fourth-order valence-corrected chi connectivity index (χ4v) is 1.28. The Morgan fingerprint density at radius 3 is 2.75 bits per heavy atom. The molecule has 12 heavy (non-hydrogen) atoms. The van der Waals surface area contributed by atoms with Crippen molar-refractivity contribution in [3.05, 3.63) is 11.1 Å². The van der Waals surface area contributed by atoms with Crippen molar-refractivity contribution in [1.82, 2.24) is 20.1 Å². The Hall–Kier alpha value is -0.0300. The highest BCUT2D eigenvalue weighted by molar-refractivity contribution is 6.28. The average Bonchev–Trinajstić information content (AvgIpc) is 2.34. The molecule has 0 saturated heterocycles. The largest absolute Gasteiger partial charge is 0.308 e. The van der Waals surface area contributed by atoms with Crippen LogP contribution in [0.4, 0.5) is 0 Å². The van der Waals surface area contributed by atoms with Gasteiger partial charge in [-0.2, -0.15) is 0 Å². The van der Waals surface area contributed by atoms with E-state index in [-0.39, 0.29) is 24.8 Å². The number of nitrogens with zero attached hydrogens (tertiary/aromatic N) is 3. The van der Waals surface area contributed by atoms with Crippen LogP contribution in [0.5, 0.6) is 0 Å². The van der Waals surface area contributed by atoms with Crippen molar-refractivity contribution in [3.63, 3.8) is 0 Å². The van der Waals surface area contributed by atoms with Crippen molar-refractivity contribution in [2.75, 3.05) is 6.54 Å². The van der Waals surface area contributed by atoms with Gasteiger partial charge in [-0.1, -0.05) is 0 Å². The summed E-state index contributed by atoms with van der Waals surface area (Å²) < 4.78 is 1.91. The molecule has 0 bridgehead atoms. The molecule has 0 aromatic carbocycles. The molecule has 0 atom stereocenters. The number of hydrogen-bond donors (Lipinski definition) is 1. The van der Waals surface area contributed by atoms with Gasteiger partial charge in [0.05, 0.1) is 6.54 Å². The predicted octanol–water partition coefficient (Wildman–Crippen LogP) is 0.878. The van der Waals surface area contributed by atoms with Gasteiger partial charge < -0.3 is 5.32 Å². The molecule has 7 heteroatoms. The minimum absolute atomic E-state index is 0. The van der Waals surface area contributed by atoms with Crippen molar-refractivity contribution in [2.45, 2.75) is 13.1 Å². The van der Waals surface area contributed by atoms with Gasteiger partial charge in [0.2, 0.25) is 5.28 Å². The summed E-state index contributed by atoms with van der Waals surface area (Å²) in [5.41, 5.74) is 0. The molecule has 70 valence electrons. The Balaban J connectivity index is 0.000000605. The Morgan fingerprint density at radius 1 is 1.33 bits per heavy atom. The first-order chi connectivity index (χ1) is 4.88. The lowest BCUT2D eigenvalue weighted by Gasteiger charge is -2.13. The summed E-state index contributed by atoms with van der Waals surface area (Å²) in [7, 11) is 0. The van der Waals surface area contributed by atoms with Gasteiger partial charge in [0.25, 0.3) is 0 Å². The van der Waals surface area contributed by atoms with Crippen LogP contribution in [0.1, 0.15) is 5.82 Å². The van der Waals surface area contributed by atoms with Crippen LogP contribution in [-0.4, -0.2) is 21.3 Å². The van der Waals surface area contributed by atoms with Gasteiger partial charge in [-0.25, -0.2) is 0 Å². The first kappa shape index (κ1) is 12.0. The predicted molar refractivity (Wildman–Crippen MR) is 51.2 cm³/mol. The number of nitrogens with one attached hydrogen (secondary N) is 1. The molecular weight excluding hydrogens is 222 g/mol. The molecule has 4 nitrogen and oxygen atoms in total. The molecule has 2 rings (SSSR count). The molecule has 0 fully saturated rings. The summed E-state index contributed by atoms with van der Waals surface area (Å²) in [6, 6.07) is 0. The SMILES string of the molecule is Cl.Cl.Clc1nnc2n1CCNC2. The number of fused-ring (bicyclic) bond motifs is 1. The molecule has 0 unspecified atom stereocenters. The maximum absolute atomic E-state index is 5.72. The smallest absolute Gasteiger partial charge is 0.225 e. The van der Waals surface area contributed by atoms with Crippen molar-refractivity contribution >= 4 is 36.4 Å². The Kier molecular flexibility index (Phi) is 4.85. The summed E-state index contributed by atoms with van der Waals surface area (Å²) in [6.45, 7) is 2.60. The summed E-state index contributed by atoms with van der Waals surface area (Å²) in [4.78, 5) is 0. The highest BCUT2D eigenvalue weighted by Crippen LogP contribution is 2.09. The molecule has 0 radical (unpaired) electrons. The minimum Gasteiger partial charge on any atom is -0.308 e. The first-order valence-electron chi connectivity index (χ1n) is 3.16. The molecular formula is C5H9Cl3N4. The first-order valence-corrected chi connectivity index (χ1v) is 3.54. The second-order valence-corrected chi connectivity index (χ2v) is 2.55. The topological polar surface area (TPSA) is 42.7 Å². The Bertz CT molecular complexity index is 249. The van der Waals surface area contributed by atoms with E-state index in [1.165, 1.54) is 0 Å². The normalized spacial score (nSPS) is 14.1. The summed E-state index contributed by atoms with van der Waals surface area (Å²) in [5.74, 6) is 0.927. The van der Waals surface area contributed by atoms with Crippen molar-refractivity contribution in [3.8, 4) is 0 Å². The molecule has 0 amide bonds. The Labute approximate surface area is 87.5 Å². The van der Waals surface area contributed by atoms with Crippen LogP contribution in [0.2, 0.25) is 5.28 Å². The lowest BCUT2D eigenvalue weighted by atomic mass is 10.4. The zero-order valence-electron chi connectivity index (χ0n) is 6.16. The zero-order chi connectivity index (χ0) is 6.97. The average molecular weight is 232 g/mol. The molecule has 1 N–H and O–H groups in total. The van der Waals surface area contributed by atoms with Gasteiger partial charge in [0.15, 0.2) is 0 Å². The fourth-order valence-electron chi connectivity index (χ4n) is 1.06. The standard InChI is InChI=1S/C5H7ClN4.2ClH/c6-5-9-8-4-3-7-1-2-10(4)5;;/h7H,1-3H2;2*1H. The molecule has 0 spiro atoms.